The van der Waals surface area contributed by atoms with Crippen LogP contribution in [0.15, 0.2) is 48.5 Å². The van der Waals surface area contributed by atoms with Gasteiger partial charge in [0.2, 0.25) is 0 Å². The van der Waals surface area contributed by atoms with E-state index in [4.69, 9.17) is 4.74 Å². The van der Waals surface area contributed by atoms with E-state index in [-0.39, 0.29) is 6.03 Å². The van der Waals surface area contributed by atoms with Gasteiger partial charge in [-0.3, -0.25) is 4.90 Å². The first-order chi connectivity index (χ1) is 10.8. The fraction of sp³-hybridized carbons (Fsp3) is 0.278. The molecule has 4 nitrogen and oxygen atoms in total. The van der Waals surface area contributed by atoms with Crippen molar-refractivity contribution in [2.45, 2.75) is 19.9 Å². The molecular weight excluding hydrogens is 276 g/mol. The van der Waals surface area contributed by atoms with E-state index in [0.717, 1.165) is 30.0 Å². The number of nitrogens with zero attached hydrogens (tertiary/aromatic N) is 1. The molecule has 0 aromatic heterocycles. The summed E-state index contributed by atoms with van der Waals surface area (Å²) in [5, 5.41) is 2.98. The Morgan fingerprint density at radius 3 is 2.73 bits per heavy atom. The van der Waals surface area contributed by atoms with Gasteiger partial charge in [0.1, 0.15) is 5.75 Å². The molecule has 0 atom stereocenters. The average Bonchev–Trinajstić information content (AvgIpc) is 2.98. The maximum Gasteiger partial charge on any atom is 0.322 e. The molecule has 1 aliphatic heterocycles. The van der Waals surface area contributed by atoms with Crippen molar-refractivity contribution >= 4 is 11.7 Å². The topological polar surface area (TPSA) is 41.6 Å². The molecule has 1 heterocycles. The molecule has 0 radical (unpaired) electrons. The number of hydrogen-bond donors (Lipinski definition) is 1. The highest BCUT2D eigenvalue weighted by atomic mass is 16.5. The van der Waals surface area contributed by atoms with E-state index in [9.17, 15) is 4.79 Å². The third-order valence-corrected chi connectivity index (χ3v) is 3.81. The van der Waals surface area contributed by atoms with E-state index in [1.807, 2.05) is 54.3 Å². The lowest BCUT2D eigenvalue weighted by Crippen LogP contribution is -2.38. The lowest BCUT2D eigenvalue weighted by atomic mass is 10.2. The summed E-state index contributed by atoms with van der Waals surface area (Å²) in [4.78, 5) is 14.2. The highest BCUT2D eigenvalue weighted by molar-refractivity contribution is 5.94. The molecule has 0 spiro atoms. The van der Waals surface area contributed by atoms with Crippen molar-refractivity contribution in [1.82, 2.24) is 5.32 Å². The number of ether oxygens (including phenoxy) is 1. The molecule has 114 valence electrons. The summed E-state index contributed by atoms with van der Waals surface area (Å²) in [6, 6.07) is 15.8. The second-order valence-electron chi connectivity index (χ2n) is 5.27. The zero-order chi connectivity index (χ0) is 15.4. The van der Waals surface area contributed by atoms with Gasteiger partial charge in [0.15, 0.2) is 0 Å². The van der Waals surface area contributed by atoms with Gasteiger partial charge in [-0.25, -0.2) is 4.79 Å². The highest BCUT2D eigenvalue weighted by Crippen LogP contribution is 2.27. The minimum atomic E-state index is -0.0427. The van der Waals surface area contributed by atoms with Crippen molar-refractivity contribution in [2.75, 3.05) is 18.1 Å². The van der Waals surface area contributed by atoms with Crippen LogP contribution in [-0.2, 0) is 13.0 Å². The van der Waals surface area contributed by atoms with Crippen molar-refractivity contribution in [3.63, 3.8) is 0 Å². The van der Waals surface area contributed by atoms with E-state index in [1.54, 1.807) is 0 Å². The van der Waals surface area contributed by atoms with E-state index >= 15 is 0 Å². The molecule has 0 saturated heterocycles. The summed E-state index contributed by atoms with van der Waals surface area (Å²) in [5.74, 6) is 0.853. The Morgan fingerprint density at radius 2 is 1.95 bits per heavy atom. The minimum absolute atomic E-state index is 0.0427. The van der Waals surface area contributed by atoms with Crippen molar-refractivity contribution in [1.29, 1.82) is 0 Å². The molecule has 0 aliphatic carbocycles. The van der Waals surface area contributed by atoms with E-state index in [1.165, 1.54) is 5.56 Å². The maximum absolute atomic E-state index is 12.3. The number of nitrogens with one attached hydrogen (secondary N) is 1. The smallest absolute Gasteiger partial charge is 0.322 e. The Labute approximate surface area is 130 Å². The van der Waals surface area contributed by atoms with Gasteiger partial charge in [0.25, 0.3) is 0 Å². The van der Waals surface area contributed by atoms with Gasteiger partial charge in [-0.15, -0.1) is 0 Å². The molecule has 22 heavy (non-hydrogen) atoms. The molecule has 0 bridgehead atoms. The molecule has 2 aromatic rings. The monoisotopic (exact) mass is 296 g/mol. The van der Waals surface area contributed by atoms with Crippen molar-refractivity contribution in [3.05, 3.63) is 59.7 Å². The van der Waals surface area contributed by atoms with E-state index in [2.05, 4.69) is 11.4 Å². The molecule has 3 rings (SSSR count). The van der Waals surface area contributed by atoms with Crippen molar-refractivity contribution in [3.8, 4) is 5.75 Å². The highest BCUT2D eigenvalue weighted by Gasteiger charge is 2.23. The summed E-state index contributed by atoms with van der Waals surface area (Å²) in [6.07, 6.45) is 0.923. The zero-order valence-corrected chi connectivity index (χ0v) is 12.7. The SMILES string of the molecule is CCOc1ccc(CNC(=O)N2CCc3ccccc32)cc1. The molecule has 0 unspecified atom stereocenters. The number of para-hydroxylation sites is 1. The predicted octanol–water partition coefficient (Wildman–Crippen LogP) is 3.36. The first kappa shape index (κ1) is 14.4. The van der Waals surface area contributed by atoms with Gasteiger partial charge >= 0.3 is 6.03 Å². The summed E-state index contributed by atoms with van der Waals surface area (Å²) < 4.78 is 5.41. The van der Waals surface area contributed by atoms with Gasteiger partial charge < -0.3 is 10.1 Å². The predicted molar refractivity (Wildman–Crippen MR) is 87.3 cm³/mol. The van der Waals surface area contributed by atoms with E-state index < -0.39 is 0 Å². The zero-order valence-electron chi connectivity index (χ0n) is 12.7. The van der Waals surface area contributed by atoms with Crippen LogP contribution in [0.4, 0.5) is 10.5 Å². The van der Waals surface area contributed by atoms with Gasteiger partial charge in [-0.1, -0.05) is 30.3 Å². The Kier molecular flexibility index (Phi) is 4.28. The summed E-state index contributed by atoms with van der Waals surface area (Å²) in [6.45, 7) is 3.88. The number of urea groups is 1. The lowest BCUT2D eigenvalue weighted by molar-refractivity contribution is 0.246. The molecular formula is C18H20N2O2. The van der Waals surface area contributed by atoms with E-state index in [0.29, 0.717) is 13.2 Å². The fourth-order valence-electron chi connectivity index (χ4n) is 2.69. The van der Waals surface area contributed by atoms with Crippen LogP contribution in [0, 0.1) is 0 Å². The summed E-state index contributed by atoms with van der Waals surface area (Å²) >= 11 is 0. The number of benzene rings is 2. The summed E-state index contributed by atoms with van der Waals surface area (Å²) in [5.41, 5.74) is 3.31. The third kappa shape index (κ3) is 3.06. The average molecular weight is 296 g/mol. The van der Waals surface area contributed by atoms with Crippen molar-refractivity contribution < 1.29 is 9.53 Å². The Balaban J connectivity index is 1.59. The number of anilines is 1. The molecule has 0 saturated carbocycles. The number of rotatable bonds is 4. The van der Waals surface area contributed by atoms with Gasteiger partial charge in [0.05, 0.1) is 6.61 Å². The van der Waals surface area contributed by atoms with Crippen LogP contribution in [0.5, 0.6) is 5.75 Å². The van der Waals surface area contributed by atoms with Gasteiger partial charge in [-0.05, 0) is 42.7 Å². The largest absolute Gasteiger partial charge is 0.494 e. The first-order valence-corrected chi connectivity index (χ1v) is 7.63. The number of fused-ring (bicyclic) bond motifs is 1. The standard InChI is InChI=1S/C18H20N2O2/c1-2-22-16-9-7-14(8-10-16)13-19-18(21)20-12-11-15-5-3-4-6-17(15)20/h3-10H,2,11-13H2,1H3,(H,19,21). The van der Waals surface area contributed by atoms with Crippen LogP contribution in [0.3, 0.4) is 0 Å². The molecule has 2 amide bonds. The molecule has 1 aliphatic rings. The molecule has 0 fully saturated rings. The van der Waals surface area contributed by atoms with Crippen molar-refractivity contribution in [2.24, 2.45) is 0 Å². The van der Waals surface area contributed by atoms with Crippen LogP contribution in [0.1, 0.15) is 18.1 Å². The number of carbonyl (C=O) groups is 1. The normalized spacial score (nSPS) is 12.9. The lowest BCUT2D eigenvalue weighted by Gasteiger charge is -2.18. The second-order valence-corrected chi connectivity index (χ2v) is 5.27. The van der Waals surface area contributed by atoms with Crippen LogP contribution in [0.2, 0.25) is 0 Å². The number of carbonyl (C=O) groups excluding carboxylic acids is 1. The minimum Gasteiger partial charge on any atom is -0.494 e. The molecule has 2 aromatic carbocycles. The maximum atomic E-state index is 12.3. The number of hydrogen-bond acceptors (Lipinski definition) is 2. The Morgan fingerprint density at radius 1 is 1.18 bits per heavy atom. The quantitative estimate of drug-likeness (QED) is 0.940. The Bertz CT molecular complexity index is 652. The number of amides is 2. The van der Waals surface area contributed by atoms with Crippen LogP contribution < -0.4 is 15.0 Å². The molecule has 4 heteroatoms. The van der Waals surface area contributed by atoms with Crippen LogP contribution in [-0.4, -0.2) is 19.2 Å². The van der Waals surface area contributed by atoms with Crippen LogP contribution >= 0.6 is 0 Å². The van der Waals surface area contributed by atoms with Gasteiger partial charge in [0, 0.05) is 18.8 Å². The summed E-state index contributed by atoms with van der Waals surface area (Å²) in [7, 11) is 0. The fourth-order valence-corrected chi connectivity index (χ4v) is 2.69. The third-order valence-electron chi connectivity index (χ3n) is 3.81. The Hall–Kier alpha value is -2.49. The van der Waals surface area contributed by atoms with Gasteiger partial charge in [-0.2, -0.15) is 0 Å². The second kappa shape index (κ2) is 6.52. The molecule has 1 N–H and O–H groups in total. The first-order valence-electron chi connectivity index (χ1n) is 7.63. The van der Waals surface area contributed by atoms with Crippen LogP contribution in [0.25, 0.3) is 0 Å².